The van der Waals surface area contributed by atoms with E-state index in [0.29, 0.717) is 6.04 Å². The monoisotopic (exact) mass is 236 g/mol. The van der Waals surface area contributed by atoms with Crippen LogP contribution in [0, 0.1) is 6.92 Å². The SMILES string of the molecule is CC(=O)O.Cc1cncc([C@@H]2CCCN2C)c1. The number of carboxylic acid groups (broad SMARTS) is 1. The Labute approximate surface area is 102 Å². The fourth-order valence-electron chi connectivity index (χ4n) is 2.09. The van der Waals surface area contributed by atoms with Crippen LogP contribution in [0.3, 0.4) is 0 Å². The highest BCUT2D eigenvalue weighted by Gasteiger charge is 2.22. The summed E-state index contributed by atoms with van der Waals surface area (Å²) >= 11 is 0. The number of hydrogen-bond donors (Lipinski definition) is 1. The Morgan fingerprint density at radius 1 is 1.53 bits per heavy atom. The average Bonchev–Trinajstić information content (AvgIpc) is 2.63. The summed E-state index contributed by atoms with van der Waals surface area (Å²) in [6.07, 6.45) is 6.51. The van der Waals surface area contributed by atoms with Crippen LogP contribution in [-0.4, -0.2) is 34.6 Å². The van der Waals surface area contributed by atoms with Gasteiger partial charge in [0.15, 0.2) is 0 Å². The minimum Gasteiger partial charge on any atom is -0.481 e. The smallest absolute Gasteiger partial charge is 0.300 e. The number of carboxylic acids is 1. The molecule has 1 aromatic heterocycles. The summed E-state index contributed by atoms with van der Waals surface area (Å²) in [4.78, 5) is 15.6. The van der Waals surface area contributed by atoms with Crippen molar-refractivity contribution in [2.45, 2.75) is 32.7 Å². The van der Waals surface area contributed by atoms with Crippen molar-refractivity contribution in [3.05, 3.63) is 29.6 Å². The Kier molecular flexibility index (Phi) is 5.10. The van der Waals surface area contributed by atoms with E-state index in [4.69, 9.17) is 9.90 Å². The molecule has 0 aromatic carbocycles. The van der Waals surface area contributed by atoms with Gasteiger partial charge >= 0.3 is 0 Å². The van der Waals surface area contributed by atoms with Crippen LogP contribution in [-0.2, 0) is 4.79 Å². The number of nitrogens with zero attached hydrogens (tertiary/aromatic N) is 2. The van der Waals surface area contributed by atoms with Crippen molar-refractivity contribution in [3.63, 3.8) is 0 Å². The zero-order valence-corrected chi connectivity index (χ0v) is 10.7. The first-order valence-corrected chi connectivity index (χ1v) is 5.82. The van der Waals surface area contributed by atoms with E-state index in [-0.39, 0.29) is 0 Å². The molecule has 1 fully saturated rings. The van der Waals surface area contributed by atoms with E-state index in [1.165, 1.54) is 30.5 Å². The highest BCUT2D eigenvalue weighted by molar-refractivity contribution is 5.62. The number of aliphatic carboxylic acids is 1. The maximum Gasteiger partial charge on any atom is 0.300 e. The lowest BCUT2D eigenvalue weighted by Gasteiger charge is -2.19. The molecule has 1 aliphatic rings. The van der Waals surface area contributed by atoms with Crippen molar-refractivity contribution in [2.75, 3.05) is 13.6 Å². The largest absolute Gasteiger partial charge is 0.481 e. The van der Waals surface area contributed by atoms with E-state index in [9.17, 15) is 0 Å². The number of rotatable bonds is 1. The molecule has 0 saturated carbocycles. The first-order chi connectivity index (χ1) is 8.00. The molecule has 0 bridgehead atoms. The Morgan fingerprint density at radius 2 is 2.18 bits per heavy atom. The van der Waals surface area contributed by atoms with Crippen molar-refractivity contribution in [2.24, 2.45) is 0 Å². The lowest BCUT2D eigenvalue weighted by atomic mass is 10.1. The standard InChI is InChI=1S/C11H16N2.C2H4O2/c1-9-6-10(8-12-7-9)11-4-3-5-13(11)2;1-2(3)4/h6-8,11H,3-5H2,1-2H3;1H3,(H,3,4)/t11-;/m0./s1. The molecule has 1 aliphatic heterocycles. The zero-order chi connectivity index (χ0) is 12.8. The van der Waals surface area contributed by atoms with Gasteiger partial charge in [-0.3, -0.25) is 14.7 Å². The Bertz CT molecular complexity index is 375. The highest BCUT2D eigenvalue weighted by atomic mass is 16.4. The number of aryl methyl sites for hydroxylation is 1. The van der Waals surface area contributed by atoms with Crippen LogP contribution in [0.25, 0.3) is 0 Å². The minimum absolute atomic E-state index is 0.604. The third-order valence-corrected chi connectivity index (χ3v) is 2.80. The predicted molar refractivity (Wildman–Crippen MR) is 66.9 cm³/mol. The second-order valence-corrected chi connectivity index (χ2v) is 4.45. The molecule has 1 saturated heterocycles. The molecule has 1 aromatic rings. The number of aromatic nitrogens is 1. The van der Waals surface area contributed by atoms with E-state index in [0.717, 1.165) is 6.92 Å². The van der Waals surface area contributed by atoms with Gasteiger partial charge in [0.1, 0.15) is 0 Å². The van der Waals surface area contributed by atoms with Crippen LogP contribution >= 0.6 is 0 Å². The Morgan fingerprint density at radius 3 is 2.65 bits per heavy atom. The summed E-state index contributed by atoms with van der Waals surface area (Å²) in [5.41, 5.74) is 2.64. The van der Waals surface area contributed by atoms with Gasteiger partial charge in [-0.15, -0.1) is 0 Å². The van der Waals surface area contributed by atoms with Crippen LogP contribution in [0.5, 0.6) is 0 Å². The van der Waals surface area contributed by atoms with E-state index in [2.05, 4.69) is 29.9 Å². The van der Waals surface area contributed by atoms with Gasteiger partial charge in [-0.25, -0.2) is 0 Å². The molecule has 94 valence electrons. The van der Waals surface area contributed by atoms with Gasteiger partial charge in [0, 0.05) is 25.4 Å². The normalized spacial score (nSPS) is 19.6. The summed E-state index contributed by atoms with van der Waals surface area (Å²) < 4.78 is 0. The maximum atomic E-state index is 9.00. The van der Waals surface area contributed by atoms with Gasteiger partial charge in [0.25, 0.3) is 5.97 Å². The third-order valence-electron chi connectivity index (χ3n) is 2.80. The summed E-state index contributed by atoms with van der Waals surface area (Å²) in [5.74, 6) is -0.833. The van der Waals surface area contributed by atoms with Crippen molar-refractivity contribution < 1.29 is 9.90 Å². The zero-order valence-electron chi connectivity index (χ0n) is 10.7. The first kappa shape index (κ1) is 13.6. The quantitative estimate of drug-likeness (QED) is 0.812. The van der Waals surface area contributed by atoms with Crippen LogP contribution in [0.15, 0.2) is 18.5 Å². The molecule has 17 heavy (non-hydrogen) atoms. The minimum atomic E-state index is -0.833. The van der Waals surface area contributed by atoms with Gasteiger partial charge in [0.05, 0.1) is 0 Å². The molecule has 4 heteroatoms. The van der Waals surface area contributed by atoms with Gasteiger partial charge < -0.3 is 5.11 Å². The molecule has 2 rings (SSSR count). The fourth-order valence-corrected chi connectivity index (χ4v) is 2.09. The van der Waals surface area contributed by atoms with E-state index >= 15 is 0 Å². The molecule has 0 aliphatic carbocycles. The summed E-state index contributed by atoms with van der Waals surface area (Å²) in [6.45, 7) is 4.41. The maximum absolute atomic E-state index is 9.00. The molecule has 1 atom stereocenters. The lowest BCUT2D eigenvalue weighted by molar-refractivity contribution is -0.134. The van der Waals surface area contributed by atoms with Crippen LogP contribution in [0.2, 0.25) is 0 Å². The number of hydrogen-bond acceptors (Lipinski definition) is 3. The van der Waals surface area contributed by atoms with Gasteiger partial charge in [-0.1, -0.05) is 6.07 Å². The molecule has 0 radical (unpaired) electrons. The van der Waals surface area contributed by atoms with Crippen molar-refractivity contribution in [1.82, 2.24) is 9.88 Å². The summed E-state index contributed by atoms with van der Waals surface area (Å²) in [5, 5.41) is 7.42. The molecule has 4 nitrogen and oxygen atoms in total. The van der Waals surface area contributed by atoms with Crippen LogP contribution in [0.4, 0.5) is 0 Å². The second-order valence-electron chi connectivity index (χ2n) is 4.45. The predicted octanol–water partition coefficient (Wildman–Crippen LogP) is 2.25. The van der Waals surface area contributed by atoms with Crippen LogP contribution < -0.4 is 0 Å². The van der Waals surface area contributed by atoms with E-state index in [1.807, 2.05) is 12.4 Å². The summed E-state index contributed by atoms with van der Waals surface area (Å²) in [7, 11) is 2.19. The third kappa shape index (κ3) is 4.53. The molecule has 0 spiro atoms. The fraction of sp³-hybridized carbons (Fsp3) is 0.538. The molecular formula is C13H20N2O2. The first-order valence-electron chi connectivity index (χ1n) is 5.82. The Balaban J connectivity index is 0.000000317. The van der Waals surface area contributed by atoms with Gasteiger partial charge in [0.2, 0.25) is 0 Å². The van der Waals surface area contributed by atoms with E-state index in [1.54, 1.807) is 0 Å². The summed E-state index contributed by atoms with van der Waals surface area (Å²) in [6, 6.07) is 2.85. The molecule has 1 N–H and O–H groups in total. The highest BCUT2D eigenvalue weighted by Crippen LogP contribution is 2.29. The Hall–Kier alpha value is -1.42. The number of likely N-dealkylation sites (tertiary alicyclic amines) is 1. The second kappa shape index (κ2) is 6.35. The number of carbonyl (C=O) groups is 1. The van der Waals surface area contributed by atoms with Crippen molar-refractivity contribution in [1.29, 1.82) is 0 Å². The van der Waals surface area contributed by atoms with Gasteiger partial charge in [-0.05, 0) is 44.5 Å². The average molecular weight is 236 g/mol. The lowest BCUT2D eigenvalue weighted by Crippen LogP contribution is -2.17. The van der Waals surface area contributed by atoms with Gasteiger partial charge in [-0.2, -0.15) is 0 Å². The molecule has 0 unspecified atom stereocenters. The molecule has 0 amide bonds. The molecular weight excluding hydrogens is 216 g/mol. The molecule has 2 heterocycles. The van der Waals surface area contributed by atoms with E-state index < -0.39 is 5.97 Å². The van der Waals surface area contributed by atoms with Crippen molar-refractivity contribution in [3.8, 4) is 0 Å². The van der Waals surface area contributed by atoms with Crippen molar-refractivity contribution >= 4 is 5.97 Å². The topological polar surface area (TPSA) is 53.4 Å². The van der Waals surface area contributed by atoms with Crippen LogP contribution in [0.1, 0.15) is 36.9 Å². The number of pyridine rings is 1.